The number of amides is 1. The van der Waals surface area contributed by atoms with Crippen molar-refractivity contribution in [3.8, 4) is 0 Å². The Morgan fingerprint density at radius 1 is 1.25 bits per heavy atom. The molecule has 3 rings (SSSR count). The van der Waals surface area contributed by atoms with E-state index in [4.69, 9.17) is 4.74 Å². The molecule has 0 bridgehead atoms. The first-order valence-corrected chi connectivity index (χ1v) is 8.87. The fourth-order valence-electron chi connectivity index (χ4n) is 3.59. The number of nitrogens with zero attached hydrogens (tertiary/aromatic N) is 4. The highest BCUT2D eigenvalue weighted by molar-refractivity contribution is 5.79. The minimum absolute atomic E-state index is 0.173. The lowest BCUT2D eigenvalue weighted by Gasteiger charge is -2.36. The topological polar surface area (TPSA) is 48.9 Å². The summed E-state index contributed by atoms with van der Waals surface area (Å²) >= 11 is 0. The smallest absolute Gasteiger partial charge is 0.227 e. The van der Waals surface area contributed by atoms with Crippen molar-refractivity contribution in [2.45, 2.75) is 13.0 Å². The summed E-state index contributed by atoms with van der Waals surface area (Å²) in [6.45, 7) is 8.07. The number of aromatic nitrogens is 1. The van der Waals surface area contributed by atoms with Crippen molar-refractivity contribution < 1.29 is 9.53 Å². The van der Waals surface area contributed by atoms with Gasteiger partial charge in [0.1, 0.15) is 0 Å². The predicted octanol–water partition coefficient (Wildman–Crippen LogP) is 0.694. The Kier molecular flexibility index (Phi) is 6.18. The van der Waals surface area contributed by atoms with Crippen molar-refractivity contribution in [2.75, 3.05) is 59.5 Å². The molecule has 3 heterocycles. The maximum atomic E-state index is 12.7. The molecule has 0 saturated carbocycles. The van der Waals surface area contributed by atoms with Gasteiger partial charge in [0.25, 0.3) is 0 Å². The molecule has 24 heavy (non-hydrogen) atoms. The second-order valence-electron chi connectivity index (χ2n) is 6.74. The molecule has 0 unspecified atom stereocenters. The van der Waals surface area contributed by atoms with Crippen LogP contribution in [-0.2, 0) is 16.1 Å². The molecule has 0 aromatic carbocycles. The van der Waals surface area contributed by atoms with Gasteiger partial charge in [0, 0.05) is 65.3 Å². The number of carbonyl (C=O) groups is 1. The maximum Gasteiger partial charge on any atom is 0.227 e. The van der Waals surface area contributed by atoms with E-state index in [0.29, 0.717) is 5.91 Å². The van der Waals surface area contributed by atoms with Gasteiger partial charge in [-0.15, -0.1) is 0 Å². The largest absolute Gasteiger partial charge is 0.383 e. The van der Waals surface area contributed by atoms with E-state index in [1.54, 1.807) is 13.3 Å². The first-order chi connectivity index (χ1) is 11.8. The lowest BCUT2D eigenvalue weighted by Crippen LogP contribution is -2.50. The molecule has 0 spiro atoms. The SMILES string of the molecule is COCCN1CC[C@@H](C(=O)N2CCN(Cc3cccnc3)CC2)C1. The highest BCUT2D eigenvalue weighted by Gasteiger charge is 2.32. The summed E-state index contributed by atoms with van der Waals surface area (Å²) in [7, 11) is 1.73. The molecule has 132 valence electrons. The molecule has 1 aromatic heterocycles. The van der Waals surface area contributed by atoms with Crippen LogP contribution in [0.1, 0.15) is 12.0 Å². The molecule has 0 N–H and O–H groups in total. The predicted molar refractivity (Wildman–Crippen MR) is 92.5 cm³/mol. The lowest BCUT2D eigenvalue weighted by atomic mass is 10.1. The first kappa shape index (κ1) is 17.3. The van der Waals surface area contributed by atoms with Crippen LogP contribution in [-0.4, -0.2) is 85.1 Å². The van der Waals surface area contributed by atoms with Gasteiger partial charge < -0.3 is 14.5 Å². The maximum absolute atomic E-state index is 12.7. The van der Waals surface area contributed by atoms with Gasteiger partial charge in [0.05, 0.1) is 12.5 Å². The molecular formula is C18H28N4O2. The minimum Gasteiger partial charge on any atom is -0.383 e. The van der Waals surface area contributed by atoms with Crippen molar-refractivity contribution >= 4 is 5.91 Å². The molecule has 1 amide bonds. The summed E-state index contributed by atoms with van der Waals surface area (Å²) in [5.74, 6) is 0.516. The van der Waals surface area contributed by atoms with E-state index < -0.39 is 0 Å². The summed E-state index contributed by atoms with van der Waals surface area (Å²) in [5, 5.41) is 0. The summed E-state index contributed by atoms with van der Waals surface area (Å²) in [5.41, 5.74) is 1.24. The van der Waals surface area contributed by atoms with Crippen molar-refractivity contribution in [3.05, 3.63) is 30.1 Å². The fraction of sp³-hybridized carbons (Fsp3) is 0.667. The number of hydrogen-bond donors (Lipinski definition) is 0. The van der Waals surface area contributed by atoms with E-state index in [2.05, 4.69) is 25.8 Å². The van der Waals surface area contributed by atoms with E-state index in [9.17, 15) is 4.79 Å². The molecule has 6 heteroatoms. The highest BCUT2D eigenvalue weighted by Crippen LogP contribution is 2.19. The van der Waals surface area contributed by atoms with Crippen LogP contribution in [0.15, 0.2) is 24.5 Å². The molecule has 0 aliphatic carbocycles. The van der Waals surface area contributed by atoms with E-state index in [0.717, 1.165) is 65.4 Å². The van der Waals surface area contributed by atoms with Crippen LogP contribution in [0.4, 0.5) is 0 Å². The molecule has 2 fully saturated rings. The van der Waals surface area contributed by atoms with Gasteiger partial charge in [-0.1, -0.05) is 6.07 Å². The standard InChI is InChI=1S/C18H28N4O2/c1-24-12-11-20-6-4-17(15-20)18(23)22-9-7-21(8-10-22)14-16-3-2-5-19-13-16/h2-3,5,13,17H,4,6-12,14-15H2,1H3/t17-/m1/s1. The number of piperazine rings is 1. The Hall–Kier alpha value is -1.50. The van der Waals surface area contributed by atoms with Gasteiger partial charge >= 0.3 is 0 Å². The van der Waals surface area contributed by atoms with Crippen LogP contribution in [0.25, 0.3) is 0 Å². The van der Waals surface area contributed by atoms with Gasteiger partial charge in [-0.25, -0.2) is 0 Å². The molecule has 1 aromatic rings. The molecule has 1 atom stereocenters. The summed E-state index contributed by atoms with van der Waals surface area (Å²) in [4.78, 5) is 23.7. The van der Waals surface area contributed by atoms with Gasteiger partial charge in [0.2, 0.25) is 5.91 Å². The molecule has 2 aliphatic heterocycles. The van der Waals surface area contributed by atoms with Gasteiger partial charge in [0.15, 0.2) is 0 Å². The number of carbonyl (C=O) groups excluding carboxylic acids is 1. The number of ether oxygens (including phenoxy) is 1. The molecule has 2 aliphatic rings. The molecule has 6 nitrogen and oxygen atoms in total. The Morgan fingerprint density at radius 3 is 2.79 bits per heavy atom. The second-order valence-corrected chi connectivity index (χ2v) is 6.74. The molecule has 0 radical (unpaired) electrons. The molecule has 2 saturated heterocycles. The van der Waals surface area contributed by atoms with Crippen molar-refractivity contribution in [1.29, 1.82) is 0 Å². The van der Waals surface area contributed by atoms with Crippen molar-refractivity contribution in [2.24, 2.45) is 5.92 Å². The number of rotatable bonds is 6. The van der Waals surface area contributed by atoms with E-state index in [1.165, 1.54) is 5.56 Å². The zero-order valence-corrected chi connectivity index (χ0v) is 14.6. The normalized spacial score (nSPS) is 22.9. The van der Waals surface area contributed by atoms with Crippen LogP contribution in [0.5, 0.6) is 0 Å². The number of hydrogen-bond acceptors (Lipinski definition) is 5. The van der Waals surface area contributed by atoms with Gasteiger partial charge in [-0.2, -0.15) is 0 Å². The van der Waals surface area contributed by atoms with E-state index in [-0.39, 0.29) is 5.92 Å². The molecular weight excluding hydrogens is 304 g/mol. The first-order valence-electron chi connectivity index (χ1n) is 8.87. The number of likely N-dealkylation sites (tertiary alicyclic amines) is 1. The van der Waals surface area contributed by atoms with Crippen molar-refractivity contribution in [3.63, 3.8) is 0 Å². The van der Waals surface area contributed by atoms with E-state index in [1.807, 2.05) is 12.3 Å². The van der Waals surface area contributed by atoms with Crippen LogP contribution in [0.2, 0.25) is 0 Å². The summed E-state index contributed by atoms with van der Waals surface area (Å²) in [6, 6.07) is 4.09. The number of methoxy groups -OCH3 is 1. The fourth-order valence-corrected chi connectivity index (χ4v) is 3.59. The monoisotopic (exact) mass is 332 g/mol. The Bertz CT molecular complexity index is 517. The lowest BCUT2D eigenvalue weighted by molar-refractivity contribution is -0.137. The Labute approximate surface area is 144 Å². The third-order valence-electron chi connectivity index (χ3n) is 5.05. The third-order valence-corrected chi connectivity index (χ3v) is 5.05. The Morgan fingerprint density at radius 2 is 2.08 bits per heavy atom. The zero-order valence-electron chi connectivity index (χ0n) is 14.6. The van der Waals surface area contributed by atoms with Gasteiger partial charge in [-0.3, -0.25) is 14.7 Å². The quantitative estimate of drug-likeness (QED) is 0.767. The van der Waals surface area contributed by atoms with Crippen molar-refractivity contribution in [1.82, 2.24) is 19.7 Å². The second kappa shape index (κ2) is 8.55. The van der Waals surface area contributed by atoms with Crippen LogP contribution < -0.4 is 0 Å². The average molecular weight is 332 g/mol. The zero-order chi connectivity index (χ0) is 16.8. The van der Waals surface area contributed by atoms with E-state index >= 15 is 0 Å². The van der Waals surface area contributed by atoms with Gasteiger partial charge in [-0.05, 0) is 24.6 Å². The van der Waals surface area contributed by atoms with Crippen LogP contribution in [0, 0.1) is 5.92 Å². The summed E-state index contributed by atoms with van der Waals surface area (Å²) < 4.78 is 5.13. The third kappa shape index (κ3) is 4.53. The van der Waals surface area contributed by atoms with Crippen LogP contribution in [0.3, 0.4) is 0 Å². The summed E-state index contributed by atoms with van der Waals surface area (Å²) in [6.07, 6.45) is 4.71. The minimum atomic E-state index is 0.173. The highest BCUT2D eigenvalue weighted by atomic mass is 16.5. The average Bonchev–Trinajstić information content (AvgIpc) is 3.10. The van der Waals surface area contributed by atoms with Crippen LogP contribution >= 0.6 is 0 Å². The Balaban J connectivity index is 1.42. The number of pyridine rings is 1.